The minimum atomic E-state index is -0.333. The predicted molar refractivity (Wildman–Crippen MR) is 104 cm³/mol. The zero-order chi connectivity index (χ0) is 19.0. The lowest BCUT2D eigenvalue weighted by atomic mass is 10.1. The summed E-state index contributed by atoms with van der Waals surface area (Å²) in [6.07, 6.45) is 0. The number of carbonyl (C=O) groups is 1. The fraction of sp³-hybridized carbons (Fsp3) is 0.250. The minimum Gasteiger partial charge on any atom is -0.352 e. The van der Waals surface area contributed by atoms with Gasteiger partial charge in [-0.1, -0.05) is 23.7 Å². The van der Waals surface area contributed by atoms with Crippen molar-refractivity contribution < 1.29 is 9.18 Å². The third-order valence-electron chi connectivity index (χ3n) is 4.78. The largest absolute Gasteiger partial charge is 0.352 e. The summed E-state index contributed by atoms with van der Waals surface area (Å²) in [5, 5.41) is 1.22. The molecular weight excluding hydrogens is 367 g/mol. The summed E-state index contributed by atoms with van der Waals surface area (Å²) < 4.78 is 13.9. The van der Waals surface area contributed by atoms with Crippen molar-refractivity contribution in [3.05, 3.63) is 53.3 Å². The van der Waals surface area contributed by atoms with Crippen LogP contribution in [0.1, 0.15) is 6.92 Å². The number of anilines is 1. The molecule has 3 aromatic rings. The zero-order valence-electron chi connectivity index (χ0n) is 14.8. The molecule has 1 aliphatic heterocycles. The van der Waals surface area contributed by atoms with Crippen LogP contribution in [0.4, 0.5) is 10.2 Å². The van der Waals surface area contributed by atoms with Gasteiger partial charge < -0.3 is 9.80 Å². The number of nitrogens with zero attached hydrogens (tertiary/aromatic N) is 4. The lowest BCUT2D eigenvalue weighted by Gasteiger charge is -2.35. The van der Waals surface area contributed by atoms with Crippen LogP contribution in [0.25, 0.3) is 22.3 Å². The highest BCUT2D eigenvalue weighted by atomic mass is 35.5. The molecule has 0 radical (unpaired) electrons. The van der Waals surface area contributed by atoms with Crippen molar-refractivity contribution in [1.29, 1.82) is 0 Å². The normalized spacial score (nSPS) is 14.6. The van der Waals surface area contributed by atoms with E-state index in [1.807, 2.05) is 18.2 Å². The number of hydrogen-bond acceptors (Lipinski definition) is 4. The molecule has 1 amide bonds. The number of aromatic nitrogens is 2. The van der Waals surface area contributed by atoms with Gasteiger partial charge in [-0.2, -0.15) is 0 Å². The first-order chi connectivity index (χ1) is 13.0. The topological polar surface area (TPSA) is 49.3 Å². The Bertz CT molecular complexity index is 1020. The van der Waals surface area contributed by atoms with Crippen LogP contribution in [0.2, 0.25) is 5.02 Å². The van der Waals surface area contributed by atoms with Crippen LogP contribution in [0, 0.1) is 5.82 Å². The van der Waals surface area contributed by atoms with Gasteiger partial charge in [0.25, 0.3) is 0 Å². The molecule has 0 spiro atoms. The molecule has 138 valence electrons. The van der Waals surface area contributed by atoms with Crippen molar-refractivity contribution >= 4 is 34.2 Å². The number of hydrogen-bond donors (Lipinski definition) is 0. The summed E-state index contributed by atoms with van der Waals surface area (Å²) in [7, 11) is 0. The molecule has 1 aromatic heterocycles. The molecule has 7 heteroatoms. The van der Waals surface area contributed by atoms with Crippen LogP contribution < -0.4 is 4.90 Å². The molecule has 0 saturated carbocycles. The van der Waals surface area contributed by atoms with E-state index in [0.717, 1.165) is 5.56 Å². The summed E-state index contributed by atoms with van der Waals surface area (Å²) in [5.41, 5.74) is 1.39. The first kappa shape index (κ1) is 17.7. The van der Waals surface area contributed by atoms with Crippen molar-refractivity contribution in [2.45, 2.75) is 6.92 Å². The van der Waals surface area contributed by atoms with Gasteiger partial charge in [-0.05, 0) is 30.3 Å². The maximum atomic E-state index is 13.9. The van der Waals surface area contributed by atoms with E-state index in [4.69, 9.17) is 16.6 Å². The third kappa shape index (κ3) is 3.45. The van der Waals surface area contributed by atoms with E-state index in [1.165, 1.54) is 12.1 Å². The molecule has 0 N–H and O–H groups in total. The first-order valence-corrected chi connectivity index (χ1v) is 9.13. The van der Waals surface area contributed by atoms with E-state index in [1.54, 1.807) is 24.0 Å². The molecule has 2 aromatic carbocycles. The minimum absolute atomic E-state index is 0.0602. The van der Waals surface area contributed by atoms with Crippen molar-refractivity contribution in [3.8, 4) is 11.4 Å². The fourth-order valence-electron chi connectivity index (χ4n) is 3.32. The van der Waals surface area contributed by atoms with Gasteiger partial charge in [0, 0.05) is 44.1 Å². The Morgan fingerprint density at radius 3 is 2.52 bits per heavy atom. The van der Waals surface area contributed by atoms with Gasteiger partial charge in [-0.25, -0.2) is 14.4 Å². The number of halogens is 2. The monoisotopic (exact) mass is 384 g/mol. The summed E-state index contributed by atoms with van der Waals surface area (Å²) in [4.78, 5) is 24.8. The summed E-state index contributed by atoms with van der Waals surface area (Å²) in [5.74, 6) is 0.895. The lowest BCUT2D eigenvalue weighted by Crippen LogP contribution is -2.48. The van der Waals surface area contributed by atoms with Gasteiger partial charge in [0.2, 0.25) is 5.91 Å². The highest BCUT2D eigenvalue weighted by Gasteiger charge is 2.23. The summed E-state index contributed by atoms with van der Waals surface area (Å²) >= 11 is 6.33. The first-order valence-electron chi connectivity index (χ1n) is 8.75. The Hall–Kier alpha value is -2.73. The standard InChI is InChI=1S/C20H18ClFN4O/c1-13(27)25-8-10-26(11-9-25)20-16-12-14(22)6-7-18(16)23-19(24-20)15-4-2-3-5-17(15)21/h2-7,12H,8-11H2,1H3. The Labute approximate surface area is 161 Å². The average molecular weight is 385 g/mol. The summed E-state index contributed by atoms with van der Waals surface area (Å²) in [6.45, 7) is 4.05. The molecule has 0 unspecified atom stereocenters. The van der Waals surface area contributed by atoms with Gasteiger partial charge in [0.05, 0.1) is 10.5 Å². The number of benzene rings is 2. The average Bonchev–Trinajstić information content (AvgIpc) is 2.68. The maximum Gasteiger partial charge on any atom is 0.219 e. The maximum absolute atomic E-state index is 13.9. The number of fused-ring (bicyclic) bond motifs is 1. The van der Waals surface area contributed by atoms with Crippen LogP contribution in [-0.4, -0.2) is 47.0 Å². The van der Waals surface area contributed by atoms with E-state index in [-0.39, 0.29) is 11.7 Å². The molecule has 2 heterocycles. The van der Waals surface area contributed by atoms with Crippen LogP contribution in [0.3, 0.4) is 0 Å². The van der Waals surface area contributed by atoms with E-state index in [9.17, 15) is 9.18 Å². The van der Waals surface area contributed by atoms with Gasteiger partial charge in [-0.15, -0.1) is 0 Å². The second-order valence-electron chi connectivity index (χ2n) is 6.51. The van der Waals surface area contributed by atoms with Crippen molar-refractivity contribution in [3.63, 3.8) is 0 Å². The van der Waals surface area contributed by atoms with Crippen LogP contribution in [0.5, 0.6) is 0 Å². The highest BCUT2D eigenvalue weighted by Crippen LogP contribution is 2.31. The highest BCUT2D eigenvalue weighted by molar-refractivity contribution is 6.33. The Balaban J connectivity index is 1.82. The van der Waals surface area contributed by atoms with Crippen molar-refractivity contribution in [1.82, 2.24) is 14.9 Å². The molecule has 27 heavy (non-hydrogen) atoms. The van der Waals surface area contributed by atoms with Crippen LogP contribution in [-0.2, 0) is 4.79 Å². The van der Waals surface area contributed by atoms with Crippen molar-refractivity contribution in [2.75, 3.05) is 31.1 Å². The molecule has 1 fully saturated rings. The number of amides is 1. The molecule has 0 aliphatic carbocycles. The smallest absolute Gasteiger partial charge is 0.219 e. The van der Waals surface area contributed by atoms with Gasteiger partial charge >= 0.3 is 0 Å². The Kier molecular flexibility index (Phi) is 4.66. The van der Waals surface area contributed by atoms with E-state index >= 15 is 0 Å². The van der Waals surface area contributed by atoms with Crippen LogP contribution >= 0.6 is 11.6 Å². The SMILES string of the molecule is CC(=O)N1CCN(c2nc(-c3ccccc3Cl)nc3ccc(F)cc23)CC1. The Morgan fingerprint density at radius 1 is 1.07 bits per heavy atom. The molecule has 0 bridgehead atoms. The van der Waals surface area contributed by atoms with Gasteiger partial charge in [0.1, 0.15) is 11.6 Å². The number of carbonyl (C=O) groups excluding carboxylic acids is 1. The van der Waals surface area contributed by atoms with E-state index in [2.05, 4.69) is 9.88 Å². The molecule has 0 atom stereocenters. The van der Waals surface area contributed by atoms with E-state index < -0.39 is 0 Å². The molecule has 1 aliphatic rings. The number of rotatable bonds is 2. The fourth-order valence-corrected chi connectivity index (χ4v) is 3.54. The molecule has 1 saturated heterocycles. The quantitative estimate of drug-likeness (QED) is 0.675. The zero-order valence-corrected chi connectivity index (χ0v) is 15.6. The molecule has 5 nitrogen and oxygen atoms in total. The van der Waals surface area contributed by atoms with Gasteiger partial charge in [0.15, 0.2) is 5.82 Å². The van der Waals surface area contributed by atoms with Crippen molar-refractivity contribution in [2.24, 2.45) is 0 Å². The number of piperazine rings is 1. The molecular formula is C20H18ClFN4O. The lowest BCUT2D eigenvalue weighted by molar-refractivity contribution is -0.129. The predicted octanol–water partition coefficient (Wildman–Crippen LogP) is 3.76. The molecule has 4 rings (SSSR count). The second-order valence-corrected chi connectivity index (χ2v) is 6.91. The Morgan fingerprint density at radius 2 is 1.81 bits per heavy atom. The van der Waals surface area contributed by atoms with Gasteiger partial charge in [-0.3, -0.25) is 4.79 Å². The van der Waals surface area contributed by atoms with Crippen LogP contribution in [0.15, 0.2) is 42.5 Å². The summed E-state index contributed by atoms with van der Waals surface area (Å²) in [6, 6.07) is 11.9. The second kappa shape index (κ2) is 7.12. The van der Waals surface area contributed by atoms with E-state index in [0.29, 0.717) is 53.7 Å². The third-order valence-corrected chi connectivity index (χ3v) is 5.11.